The van der Waals surface area contributed by atoms with Crippen molar-refractivity contribution in [2.75, 3.05) is 7.11 Å². The van der Waals surface area contributed by atoms with Crippen LogP contribution in [0.3, 0.4) is 0 Å². The Morgan fingerprint density at radius 1 is 1.22 bits per heavy atom. The molecule has 0 atom stereocenters. The van der Waals surface area contributed by atoms with E-state index in [0.717, 1.165) is 22.3 Å². The van der Waals surface area contributed by atoms with Gasteiger partial charge >= 0.3 is 0 Å². The maximum atomic E-state index is 9.27. The maximum absolute atomic E-state index is 9.27. The van der Waals surface area contributed by atoms with Gasteiger partial charge in [0, 0.05) is 16.5 Å². The molecule has 92 valence electrons. The summed E-state index contributed by atoms with van der Waals surface area (Å²) in [5.74, 6) is 0.740. The summed E-state index contributed by atoms with van der Waals surface area (Å²) in [4.78, 5) is 4.62. The van der Waals surface area contributed by atoms with E-state index in [1.54, 1.807) is 7.11 Å². The molecule has 0 radical (unpaired) electrons. The second-order valence-corrected chi connectivity index (χ2v) is 5.30. The number of rotatable bonds is 1. The molecule has 2 aromatic rings. The van der Waals surface area contributed by atoms with Crippen LogP contribution in [-0.2, 0) is 5.41 Å². The first kappa shape index (κ1) is 12.4. The minimum atomic E-state index is -0.0697. The van der Waals surface area contributed by atoms with Gasteiger partial charge in [0.25, 0.3) is 0 Å². The van der Waals surface area contributed by atoms with Gasteiger partial charge in [0.05, 0.1) is 24.3 Å². The number of benzene rings is 1. The topological polar surface area (TPSA) is 45.9 Å². The highest BCUT2D eigenvalue weighted by atomic mass is 16.5. The number of methoxy groups -OCH3 is 1. The molecule has 3 nitrogen and oxygen atoms in total. The number of ether oxygens (including phenoxy) is 1. The molecule has 0 saturated carbocycles. The molecule has 3 heteroatoms. The predicted molar refractivity (Wildman–Crippen MR) is 71.7 cm³/mol. The zero-order chi connectivity index (χ0) is 13.3. The van der Waals surface area contributed by atoms with E-state index < -0.39 is 0 Å². The lowest BCUT2D eigenvalue weighted by Gasteiger charge is -2.18. The SMILES string of the molecule is COc1ccc2nc(C(C)(C)C)cc(C#N)c2c1. The molecule has 0 unspecified atom stereocenters. The minimum absolute atomic E-state index is 0.0697. The van der Waals surface area contributed by atoms with Crippen molar-refractivity contribution >= 4 is 10.9 Å². The van der Waals surface area contributed by atoms with Gasteiger partial charge in [0.1, 0.15) is 5.75 Å². The Kier molecular flexibility index (Phi) is 2.96. The van der Waals surface area contributed by atoms with Gasteiger partial charge in [0.2, 0.25) is 0 Å². The monoisotopic (exact) mass is 240 g/mol. The van der Waals surface area contributed by atoms with E-state index in [0.29, 0.717) is 5.56 Å². The molecular weight excluding hydrogens is 224 g/mol. The highest BCUT2D eigenvalue weighted by molar-refractivity contribution is 5.86. The van der Waals surface area contributed by atoms with Gasteiger partial charge in [-0.05, 0) is 24.3 Å². The number of fused-ring (bicyclic) bond motifs is 1. The summed E-state index contributed by atoms with van der Waals surface area (Å²) in [6, 6.07) is 9.71. The van der Waals surface area contributed by atoms with E-state index in [-0.39, 0.29) is 5.41 Å². The maximum Gasteiger partial charge on any atom is 0.119 e. The van der Waals surface area contributed by atoms with Crippen LogP contribution >= 0.6 is 0 Å². The number of nitriles is 1. The van der Waals surface area contributed by atoms with Crippen molar-refractivity contribution in [3.63, 3.8) is 0 Å². The van der Waals surface area contributed by atoms with Crippen molar-refractivity contribution in [1.29, 1.82) is 5.26 Å². The zero-order valence-electron chi connectivity index (χ0n) is 11.1. The van der Waals surface area contributed by atoms with Crippen molar-refractivity contribution in [1.82, 2.24) is 4.98 Å². The summed E-state index contributed by atoms with van der Waals surface area (Å²) in [6.07, 6.45) is 0. The lowest BCUT2D eigenvalue weighted by molar-refractivity contribution is 0.415. The Morgan fingerprint density at radius 3 is 2.50 bits per heavy atom. The third-order valence-corrected chi connectivity index (χ3v) is 2.90. The van der Waals surface area contributed by atoms with Crippen molar-refractivity contribution in [3.05, 3.63) is 35.5 Å². The largest absolute Gasteiger partial charge is 0.497 e. The molecule has 0 N–H and O–H groups in total. The molecule has 0 fully saturated rings. The van der Waals surface area contributed by atoms with E-state index in [2.05, 4.69) is 31.8 Å². The lowest BCUT2D eigenvalue weighted by atomic mass is 9.90. The zero-order valence-corrected chi connectivity index (χ0v) is 11.1. The molecule has 1 aromatic carbocycles. The third kappa shape index (κ3) is 2.14. The average Bonchev–Trinajstić information content (AvgIpc) is 2.35. The normalized spacial score (nSPS) is 11.3. The first-order valence-corrected chi connectivity index (χ1v) is 5.85. The van der Waals surface area contributed by atoms with Crippen molar-refractivity contribution in [2.45, 2.75) is 26.2 Å². The molecule has 0 aliphatic heterocycles. The summed E-state index contributed by atoms with van der Waals surface area (Å²) in [7, 11) is 1.62. The molecule has 0 amide bonds. The number of hydrogen-bond donors (Lipinski definition) is 0. The molecule has 1 heterocycles. The van der Waals surface area contributed by atoms with Crippen LogP contribution in [0, 0.1) is 11.3 Å². The Hall–Kier alpha value is -2.08. The van der Waals surface area contributed by atoms with Crippen molar-refractivity contribution in [2.24, 2.45) is 0 Å². The quantitative estimate of drug-likeness (QED) is 0.767. The highest BCUT2D eigenvalue weighted by Gasteiger charge is 2.18. The van der Waals surface area contributed by atoms with Gasteiger partial charge in [0.15, 0.2) is 0 Å². The van der Waals surface area contributed by atoms with Crippen LogP contribution in [0.4, 0.5) is 0 Å². The first-order valence-electron chi connectivity index (χ1n) is 5.85. The molecule has 2 rings (SSSR count). The Bertz CT molecular complexity index is 633. The van der Waals surface area contributed by atoms with Gasteiger partial charge < -0.3 is 4.74 Å². The summed E-state index contributed by atoms with van der Waals surface area (Å²) in [5.41, 5.74) is 2.33. The van der Waals surface area contributed by atoms with E-state index >= 15 is 0 Å². The molecule has 0 saturated heterocycles. The Labute approximate surface area is 107 Å². The Balaban J connectivity index is 2.76. The average molecular weight is 240 g/mol. The van der Waals surface area contributed by atoms with Crippen molar-refractivity contribution < 1.29 is 4.74 Å². The number of hydrogen-bond acceptors (Lipinski definition) is 3. The summed E-state index contributed by atoms with van der Waals surface area (Å²) in [6.45, 7) is 6.27. The van der Waals surface area contributed by atoms with Gasteiger partial charge in [-0.3, -0.25) is 4.98 Å². The smallest absolute Gasteiger partial charge is 0.119 e. The minimum Gasteiger partial charge on any atom is -0.497 e. The van der Waals surface area contributed by atoms with Crippen LogP contribution in [0.5, 0.6) is 5.75 Å². The molecule has 0 bridgehead atoms. The van der Waals surface area contributed by atoms with Crippen LogP contribution in [0.1, 0.15) is 32.0 Å². The standard InChI is InChI=1S/C15H16N2O/c1-15(2,3)14-7-10(9-16)12-8-11(18-4)5-6-13(12)17-14/h5-8H,1-4H3. The highest BCUT2D eigenvalue weighted by Crippen LogP contribution is 2.28. The van der Waals surface area contributed by atoms with Crippen LogP contribution in [0.2, 0.25) is 0 Å². The fourth-order valence-corrected chi connectivity index (χ4v) is 1.81. The summed E-state index contributed by atoms with van der Waals surface area (Å²) in [5, 5.41) is 10.1. The van der Waals surface area contributed by atoms with E-state index in [1.165, 1.54) is 0 Å². The Morgan fingerprint density at radius 2 is 1.94 bits per heavy atom. The van der Waals surface area contributed by atoms with Gasteiger partial charge in [-0.25, -0.2) is 0 Å². The molecule has 18 heavy (non-hydrogen) atoms. The van der Waals surface area contributed by atoms with Gasteiger partial charge in [-0.15, -0.1) is 0 Å². The fourth-order valence-electron chi connectivity index (χ4n) is 1.81. The van der Waals surface area contributed by atoms with E-state index in [1.807, 2.05) is 24.3 Å². The number of aromatic nitrogens is 1. The first-order chi connectivity index (χ1) is 8.45. The van der Waals surface area contributed by atoms with Crippen LogP contribution < -0.4 is 4.74 Å². The van der Waals surface area contributed by atoms with Gasteiger partial charge in [-0.1, -0.05) is 20.8 Å². The van der Waals surface area contributed by atoms with Crippen LogP contribution in [0.25, 0.3) is 10.9 Å². The second-order valence-electron chi connectivity index (χ2n) is 5.30. The summed E-state index contributed by atoms with van der Waals surface area (Å²) < 4.78 is 5.18. The lowest BCUT2D eigenvalue weighted by Crippen LogP contribution is -2.13. The molecule has 1 aromatic heterocycles. The number of nitrogens with zero attached hydrogens (tertiary/aromatic N) is 2. The molecule has 0 aliphatic carbocycles. The number of pyridine rings is 1. The van der Waals surface area contributed by atoms with Crippen molar-refractivity contribution in [3.8, 4) is 11.8 Å². The second kappa shape index (κ2) is 4.30. The molecular formula is C15H16N2O. The predicted octanol–water partition coefficient (Wildman–Crippen LogP) is 3.41. The fraction of sp³-hybridized carbons (Fsp3) is 0.333. The van der Waals surface area contributed by atoms with E-state index in [9.17, 15) is 5.26 Å². The summed E-state index contributed by atoms with van der Waals surface area (Å²) >= 11 is 0. The third-order valence-electron chi connectivity index (χ3n) is 2.90. The van der Waals surface area contributed by atoms with Gasteiger partial charge in [-0.2, -0.15) is 5.26 Å². The van der Waals surface area contributed by atoms with Crippen LogP contribution in [0.15, 0.2) is 24.3 Å². The molecule has 0 aliphatic rings. The molecule has 0 spiro atoms. The van der Waals surface area contributed by atoms with E-state index in [4.69, 9.17) is 4.74 Å². The van der Waals surface area contributed by atoms with Crippen LogP contribution in [-0.4, -0.2) is 12.1 Å².